The largest absolute Gasteiger partial charge is 0.287 e. The lowest BCUT2D eigenvalue weighted by Gasteiger charge is -1.99. The lowest BCUT2D eigenvalue weighted by molar-refractivity contribution is 0.103. The van der Waals surface area contributed by atoms with Crippen molar-refractivity contribution in [3.63, 3.8) is 0 Å². The minimum Gasteiger partial charge on any atom is -0.287 e. The van der Waals surface area contributed by atoms with Crippen LogP contribution in [0, 0.1) is 17.1 Å². The molecule has 0 bridgehead atoms. The number of benzene rings is 1. The predicted octanol–water partition coefficient (Wildman–Crippen LogP) is 3.15. The molecule has 0 saturated carbocycles. The Morgan fingerprint density at radius 2 is 2.29 bits per heavy atom. The molecule has 0 aliphatic heterocycles. The molecule has 0 radical (unpaired) electrons. The van der Waals surface area contributed by atoms with Gasteiger partial charge in [0.1, 0.15) is 11.5 Å². The third kappa shape index (κ3) is 2.40. The number of nitriles is 1. The lowest BCUT2D eigenvalue weighted by Crippen LogP contribution is -2.04. The van der Waals surface area contributed by atoms with Crippen molar-refractivity contribution in [1.82, 2.24) is 4.98 Å². The molecule has 2 aromatic rings. The Balaban J connectivity index is 2.42. The molecule has 1 aromatic carbocycles. The molecule has 0 fully saturated rings. The van der Waals surface area contributed by atoms with Gasteiger partial charge in [0.25, 0.3) is 0 Å². The second-order valence-electron chi connectivity index (χ2n) is 3.12. The zero-order valence-electron chi connectivity index (χ0n) is 8.28. The molecule has 0 spiro atoms. The molecule has 1 heterocycles. The number of halogens is 2. The SMILES string of the molecule is N#Cc1ccc(C(=O)c2csc(Br)n2)c(F)c1. The van der Waals surface area contributed by atoms with Gasteiger partial charge in [0, 0.05) is 5.38 Å². The fourth-order valence-corrected chi connectivity index (χ4v) is 2.25. The van der Waals surface area contributed by atoms with Crippen LogP contribution in [0.2, 0.25) is 0 Å². The van der Waals surface area contributed by atoms with E-state index in [1.165, 1.54) is 23.5 Å². The average Bonchev–Trinajstić information content (AvgIpc) is 2.75. The van der Waals surface area contributed by atoms with Crippen molar-refractivity contribution < 1.29 is 9.18 Å². The van der Waals surface area contributed by atoms with E-state index in [0.29, 0.717) is 3.92 Å². The van der Waals surface area contributed by atoms with Gasteiger partial charge >= 0.3 is 0 Å². The molecule has 84 valence electrons. The summed E-state index contributed by atoms with van der Waals surface area (Å²) in [6, 6.07) is 5.54. The molecule has 0 saturated heterocycles. The lowest BCUT2D eigenvalue weighted by atomic mass is 10.1. The minimum absolute atomic E-state index is 0.0817. The van der Waals surface area contributed by atoms with Crippen molar-refractivity contribution in [2.75, 3.05) is 0 Å². The van der Waals surface area contributed by atoms with Gasteiger partial charge in [0.15, 0.2) is 3.92 Å². The Morgan fingerprint density at radius 3 is 2.82 bits per heavy atom. The summed E-state index contributed by atoms with van der Waals surface area (Å²) in [6.07, 6.45) is 0. The van der Waals surface area contributed by atoms with Crippen molar-refractivity contribution >= 4 is 33.0 Å². The number of nitrogens with zero attached hydrogens (tertiary/aromatic N) is 2. The fraction of sp³-hybridized carbons (Fsp3) is 0. The molecule has 0 aliphatic rings. The first-order chi connectivity index (χ1) is 8.11. The van der Waals surface area contributed by atoms with E-state index in [1.54, 1.807) is 11.4 Å². The Labute approximate surface area is 109 Å². The first-order valence-electron chi connectivity index (χ1n) is 4.47. The van der Waals surface area contributed by atoms with Gasteiger partial charge in [-0.25, -0.2) is 9.37 Å². The predicted molar refractivity (Wildman–Crippen MR) is 64.4 cm³/mol. The van der Waals surface area contributed by atoms with Crippen molar-refractivity contribution in [1.29, 1.82) is 5.26 Å². The highest BCUT2D eigenvalue weighted by atomic mass is 79.9. The maximum atomic E-state index is 13.6. The quantitative estimate of drug-likeness (QED) is 0.801. The smallest absolute Gasteiger partial charge is 0.215 e. The summed E-state index contributed by atoms with van der Waals surface area (Å²) in [5.41, 5.74) is 0.283. The average molecular weight is 311 g/mol. The summed E-state index contributed by atoms with van der Waals surface area (Å²) in [4.78, 5) is 15.8. The highest BCUT2D eigenvalue weighted by Crippen LogP contribution is 2.20. The minimum atomic E-state index is -0.710. The molecule has 0 N–H and O–H groups in total. The van der Waals surface area contributed by atoms with Crippen LogP contribution in [-0.2, 0) is 0 Å². The molecule has 2 rings (SSSR count). The van der Waals surface area contributed by atoms with Crippen LogP contribution in [0.1, 0.15) is 21.6 Å². The Bertz CT molecular complexity index is 633. The van der Waals surface area contributed by atoms with Crippen LogP contribution in [0.15, 0.2) is 27.5 Å². The van der Waals surface area contributed by atoms with Crippen LogP contribution >= 0.6 is 27.3 Å². The summed E-state index contributed by atoms with van der Waals surface area (Å²) in [7, 11) is 0. The van der Waals surface area contributed by atoms with Gasteiger partial charge in [0.2, 0.25) is 5.78 Å². The molecule has 0 unspecified atom stereocenters. The van der Waals surface area contributed by atoms with E-state index in [1.807, 2.05) is 0 Å². The number of carbonyl (C=O) groups is 1. The number of aromatic nitrogens is 1. The zero-order chi connectivity index (χ0) is 12.4. The number of thiazole rings is 1. The monoisotopic (exact) mass is 310 g/mol. The second-order valence-corrected chi connectivity index (χ2v) is 5.26. The van der Waals surface area contributed by atoms with Crippen LogP contribution < -0.4 is 0 Å². The summed E-state index contributed by atoms with van der Waals surface area (Å²) < 4.78 is 14.1. The van der Waals surface area contributed by atoms with Crippen LogP contribution in [0.5, 0.6) is 0 Å². The molecule has 1 aromatic heterocycles. The molecular weight excluding hydrogens is 307 g/mol. The van der Waals surface area contributed by atoms with Crippen molar-refractivity contribution in [2.45, 2.75) is 0 Å². The molecule has 0 atom stereocenters. The van der Waals surface area contributed by atoms with Gasteiger partial charge in [-0.1, -0.05) is 0 Å². The van der Waals surface area contributed by atoms with E-state index in [0.717, 1.165) is 6.07 Å². The van der Waals surface area contributed by atoms with E-state index in [-0.39, 0.29) is 16.8 Å². The second kappa shape index (κ2) is 4.73. The molecule has 0 amide bonds. The molecule has 6 heteroatoms. The molecular formula is C11H4BrFN2OS. The van der Waals surface area contributed by atoms with Crippen molar-refractivity contribution in [2.24, 2.45) is 0 Å². The third-order valence-corrected chi connectivity index (χ3v) is 3.42. The van der Waals surface area contributed by atoms with Gasteiger partial charge in [-0.3, -0.25) is 4.79 Å². The van der Waals surface area contributed by atoms with E-state index in [2.05, 4.69) is 20.9 Å². The Morgan fingerprint density at radius 1 is 1.53 bits per heavy atom. The highest BCUT2D eigenvalue weighted by Gasteiger charge is 2.16. The topological polar surface area (TPSA) is 53.8 Å². The Kier molecular flexibility index (Phi) is 3.31. The number of carbonyl (C=O) groups excluding carboxylic acids is 1. The molecule has 0 aliphatic carbocycles. The van der Waals surface area contributed by atoms with Gasteiger partial charge in [-0.2, -0.15) is 5.26 Å². The molecule has 17 heavy (non-hydrogen) atoms. The summed E-state index contributed by atoms with van der Waals surface area (Å²) in [6.45, 7) is 0. The first kappa shape index (κ1) is 11.9. The summed E-state index contributed by atoms with van der Waals surface area (Å²) >= 11 is 4.38. The number of ketones is 1. The summed E-state index contributed by atoms with van der Waals surface area (Å²) in [5, 5.41) is 10.1. The fourth-order valence-electron chi connectivity index (χ4n) is 1.26. The van der Waals surface area contributed by atoms with Gasteiger partial charge < -0.3 is 0 Å². The van der Waals surface area contributed by atoms with Gasteiger partial charge in [-0.15, -0.1) is 11.3 Å². The Hall–Kier alpha value is -1.58. The maximum absolute atomic E-state index is 13.6. The number of rotatable bonds is 2. The normalized spacial score (nSPS) is 9.94. The van der Waals surface area contributed by atoms with Crippen LogP contribution in [0.3, 0.4) is 0 Å². The van der Waals surface area contributed by atoms with Gasteiger partial charge in [-0.05, 0) is 34.1 Å². The first-order valence-corrected chi connectivity index (χ1v) is 6.14. The maximum Gasteiger partial charge on any atom is 0.215 e. The third-order valence-electron chi connectivity index (χ3n) is 2.05. The standard InChI is InChI=1S/C11H4BrFN2OS/c12-11-15-9(5-17-11)10(16)7-2-1-6(4-14)3-8(7)13/h1-3,5H. The summed E-state index contributed by atoms with van der Waals surface area (Å²) in [5.74, 6) is -1.20. The van der Waals surface area contributed by atoms with E-state index in [9.17, 15) is 9.18 Å². The number of hydrogen-bond acceptors (Lipinski definition) is 4. The van der Waals surface area contributed by atoms with Crippen LogP contribution in [-0.4, -0.2) is 10.8 Å². The molecule has 3 nitrogen and oxygen atoms in total. The van der Waals surface area contributed by atoms with Crippen molar-refractivity contribution in [3.05, 3.63) is 50.1 Å². The van der Waals surface area contributed by atoms with Crippen LogP contribution in [0.4, 0.5) is 4.39 Å². The van der Waals surface area contributed by atoms with E-state index < -0.39 is 11.6 Å². The highest BCUT2D eigenvalue weighted by molar-refractivity contribution is 9.11. The van der Waals surface area contributed by atoms with Crippen LogP contribution in [0.25, 0.3) is 0 Å². The van der Waals surface area contributed by atoms with E-state index in [4.69, 9.17) is 5.26 Å². The van der Waals surface area contributed by atoms with Gasteiger partial charge in [0.05, 0.1) is 17.2 Å². The van der Waals surface area contributed by atoms with E-state index >= 15 is 0 Å². The zero-order valence-corrected chi connectivity index (χ0v) is 10.7. The number of hydrogen-bond donors (Lipinski definition) is 0. The van der Waals surface area contributed by atoms with Crippen molar-refractivity contribution in [3.8, 4) is 6.07 Å².